The number of carbonyl (C=O) groups is 1. The standard InChI is InChI=1S/C16H20N2O/c1-11-16(14-5-3-4-6-15(14)17-11)18(2)12-7-9-13(19)10-8-12/h3-6,12,17H,7-10H2,1-2H3. The van der Waals surface area contributed by atoms with Crippen LogP contribution in [0.3, 0.4) is 0 Å². The zero-order valence-corrected chi connectivity index (χ0v) is 11.6. The number of ketones is 1. The first kappa shape index (κ1) is 12.3. The summed E-state index contributed by atoms with van der Waals surface area (Å²) in [6, 6.07) is 8.90. The fourth-order valence-electron chi connectivity index (χ4n) is 3.21. The number of hydrogen-bond acceptors (Lipinski definition) is 2. The SMILES string of the molecule is Cc1[nH]c2ccccc2c1N(C)C1CCC(=O)CC1. The highest BCUT2D eigenvalue weighted by molar-refractivity contribution is 5.95. The van der Waals surface area contributed by atoms with Gasteiger partial charge in [0.25, 0.3) is 0 Å². The number of aromatic amines is 1. The summed E-state index contributed by atoms with van der Waals surface area (Å²) < 4.78 is 0. The summed E-state index contributed by atoms with van der Waals surface area (Å²) in [6.07, 6.45) is 3.43. The summed E-state index contributed by atoms with van der Waals surface area (Å²) in [5.41, 5.74) is 3.68. The van der Waals surface area contributed by atoms with Crippen molar-refractivity contribution in [3.63, 3.8) is 0 Å². The number of nitrogens with one attached hydrogen (secondary N) is 1. The molecule has 1 N–H and O–H groups in total. The molecule has 1 fully saturated rings. The average molecular weight is 256 g/mol. The molecule has 0 atom stereocenters. The fraction of sp³-hybridized carbons (Fsp3) is 0.438. The van der Waals surface area contributed by atoms with E-state index >= 15 is 0 Å². The van der Waals surface area contributed by atoms with E-state index in [9.17, 15) is 4.79 Å². The van der Waals surface area contributed by atoms with Gasteiger partial charge in [0.1, 0.15) is 5.78 Å². The molecule has 100 valence electrons. The van der Waals surface area contributed by atoms with Crippen LogP contribution in [0.15, 0.2) is 24.3 Å². The average Bonchev–Trinajstić information content (AvgIpc) is 2.74. The number of benzene rings is 1. The van der Waals surface area contributed by atoms with Crippen LogP contribution in [0.5, 0.6) is 0 Å². The quantitative estimate of drug-likeness (QED) is 0.893. The topological polar surface area (TPSA) is 36.1 Å². The molecule has 0 spiro atoms. The lowest BCUT2D eigenvalue weighted by Gasteiger charge is -2.32. The number of hydrogen-bond donors (Lipinski definition) is 1. The third-order valence-electron chi connectivity index (χ3n) is 4.27. The van der Waals surface area contributed by atoms with Crippen molar-refractivity contribution in [1.82, 2.24) is 4.98 Å². The van der Waals surface area contributed by atoms with Crippen molar-refractivity contribution in [2.75, 3.05) is 11.9 Å². The number of fused-ring (bicyclic) bond motifs is 1. The molecule has 3 nitrogen and oxygen atoms in total. The van der Waals surface area contributed by atoms with Gasteiger partial charge in [-0.2, -0.15) is 0 Å². The minimum Gasteiger partial charge on any atom is -0.370 e. The van der Waals surface area contributed by atoms with Crippen molar-refractivity contribution >= 4 is 22.4 Å². The van der Waals surface area contributed by atoms with E-state index in [1.54, 1.807) is 0 Å². The molecule has 19 heavy (non-hydrogen) atoms. The Hall–Kier alpha value is -1.77. The molecular weight excluding hydrogens is 236 g/mol. The maximum atomic E-state index is 11.4. The van der Waals surface area contributed by atoms with Crippen molar-refractivity contribution in [3.05, 3.63) is 30.0 Å². The lowest BCUT2D eigenvalue weighted by molar-refractivity contribution is -0.120. The van der Waals surface area contributed by atoms with E-state index in [4.69, 9.17) is 0 Å². The van der Waals surface area contributed by atoms with E-state index in [1.807, 2.05) is 0 Å². The third kappa shape index (κ3) is 2.14. The van der Waals surface area contributed by atoms with Gasteiger partial charge < -0.3 is 9.88 Å². The number of Topliss-reactive ketones (excluding diaryl/α,β-unsaturated/α-hetero) is 1. The number of carbonyl (C=O) groups excluding carboxylic acids is 1. The van der Waals surface area contributed by atoms with E-state index < -0.39 is 0 Å². The molecule has 0 unspecified atom stereocenters. The molecule has 0 aliphatic heterocycles. The van der Waals surface area contributed by atoms with Gasteiger partial charge >= 0.3 is 0 Å². The summed E-state index contributed by atoms with van der Waals surface area (Å²) in [6.45, 7) is 2.12. The Morgan fingerprint density at radius 3 is 2.63 bits per heavy atom. The zero-order valence-electron chi connectivity index (χ0n) is 11.6. The first-order valence-electron chi connectivity index (χ1n) is 6.98. The minimum atomic E-state index is 0.417. The highest BCUT2D eigenvalue weighted by Gasteiger charge is 2.24. The second-order valence-corrected chi connectivity index (χ2v) is 5.52. The highest BCUT2D eigenvalue weighted by Crippen LogP contribution is 2.33. The van der Waals surface area contributed by atoms with E-state index in [0.717, 1.165) is 25.7 Å². The Balaban J connectivity index is 1.95. The molecule has 0 bridgehead atoms. The van der Waals surface area contributed by atoms with E-state index in [2.05, 4.69) is 48.1 Å². The molecule has 1 heterocycles. The molecule has 1 aliphatic carbocycles. The first-order chi connectivity index (χ1) is 9.16. The number of para-hydroxylation sites is 1. The monoisotopic (exact) mass is 256 g/mol. The van der Waals surface area contributed by atoms with Gasteiger partial charge in [-0.15, -0.1) is 0 Å². The number of aryl methyl sites for hydroxylation is 1. The third-order valence-corrected chi connectivity index (χ3v) is 4.27. The predicted molar refractivity (Wildman–Crippen MR) is 78.7 cm³/mol. The maximum Gasteiger partial charge on any atom is 0.133 e. The van der Waals surface area contributed by atoms with Gasteiger partial charge in [0.15, 0.2) is 0 Å². The smallest absolute Gasteiger partial charge is 0.133 e. The molecule has 0 saturated heterocycles. The lowest BCUT2D eigenvalue weighted by atomic mass is 9.93. The molecule has 3 heteroatoms. The number of anilines is 1. The van der Waals surface area contributed by atoms with E-state index in [1.165, 1.54) is 22.3 Å². The van der Waals surface area contributed by atoms with Crippen LogP contribution in [-0.2, 0) is 4.79 Å². The van der Waals surface area contributed by atoms with Crippen molar-refractivity contribution in [2.45, 2.75) is 38.6 Å². The summed E-state index contributed by atoms with van der Waals surface area (Å²) in [4.78, 5) is 17.2. The van der Waals surface area contributed by atoms with Gasteiger partial charge in [0, 0.05) is 42.5 Å². The first-order valence-corrected chi connectivity index (χ1v) is 6.98. The summed E-state index contributed by atoms with van der Waals surface area (Å²) in [5, 5.41) is 1.28. The van der Waals surface area contributed by atoms with Crippen LogP contribution in [0.4, 0.5) is 5.69 Å². The lowest BCUT2D eigenvalue weighted by Crippen LogP contribution is -2.35. The van der Waals surface area contributed by atoms with Crippen LogP contribution < -0.4 is 4.90 Å². The number of nitrogens with zero attached hydrogens (tertiary/aromatic N) is 1. The Labute approximate surface area is 113 Å². The van der Waals surface area contributed by atoms with Crippen molar-refractivity contribution in [2.24, 2.45) is 0 Å². The normalized spacial score (nSPS) is 17.1. The van der Waals surface area contributed by atoms with Crippen molar-refractivity contribution in [1.29, 1.82) is 0 Å². The van der Waals surface area contributed by atoms with Crippen LogP contribution in [0.2, 0.25) is 0 Å². The van der Waals surface area contributed by atoms with E-state index in [0.29, 0.717) is 11.8 Å². The van der Waals surface area contributed by atoms with Crippen LogP contribution in [0, 0.1) is 6.92 Å². The van der Waals surface area contributed by atoms with Crippen molar-refractivity contribution < 1.29 is 4.79 Å². The molecule has 1 saturated carbocycles. The van der Waals surface area contributed by atoms with Gasteiger partial charge in [-0.05, 0) is 25.8 Å². The largest absolute Gasteiger partial charge is 0.370 e. The molecule has 1 aliphatic rings. The number of rotatable bonds is 2. The Bertz CT molecular complexity index is 604. The van der Waals surface area contributed by atoms with Gasteiger partial charge in [-0.3, -0.25) is 4.79 Å². The summed E-state index contributed by atoms with van der Waals surface area (Å²) in [7, 11) is 2.16. The Morgan fingerprint density at radius 1 is 1.21 bits per heavy atom. The van der Waals surface area contributed by atoms with E-state index in [-0.39, 0.29) is 0 Å². The van der Waals surface area contributed by atoms with Gasteiger partial charge in [-0.25, -0.2) is 0 Å². The zero-order chi connectivity index (χ0) is 13.4. The van der Waals surface area contributed by atoms with Crippen molar-refractivity contribution in [3.8, 4) is 0 Å². The molecular formula is C16H20N2O. The fourth-order valence-corrected chi connectivity index (χ4v) is 3.21. The summed E-state index contributed by atoms with van der Waals surface area (Å²) >= 11 is 0. The molecule has 2 aromatic rings. The Kier molecular flexibility index (Phi) is 3.05. The van der Waals surface area contributed by atoms with Crippen LogP contribution >= 0.6 is 0 Å². The van der Waals surface area contributed by atoms with Gasteiger partial charge in [0.05, 0.1) is 5.69 Å². The molecule has 0 amide bonds. The molecule has 1 aromatic carbocycles. The second-order valence-electron chi connectivity index (χ2n) is 5.52. The number of H-pyrrole nitrogens is 1. The molecule has 1 aromatic heterocycles. The van der Waals surface area contributed by atoms with Crippen LogP contribution in [-0.4, -0.2) is 23.9 Å². The Morgan fingerprint density at radius 2 is 1.89 bits per heavy atom. The predicted octanol–water partition coefficient (Wildman–Crippen LogP) is 3.42. The maximum absolute atomic E-state index is 11.4. The summed E-state index contributed by atoms with van der Waals surface area (Å²) in [5.74, 6) is 0.417. The number of aromatic nitrogens is 1. The molecule has 3 rings (SSSR count). The van der Waals surface area contributed by atoms with Crippen LogP contribution in [0.1, 0.15) is 31.4 Å². The highest BCUT2D eigenvalue weighted by atomic mass is 16.1. The molecule has 0 radical (unpaired) electrons. The van der Waals surface area contributed by atoms with Gasteiger partial charge in [-0.1, -0.05) is 18.2 Å². The van der Waals surface area contributed by atoms with Gasteiger partial charge in [0.2, 0.25) is 0 Å². The second kappa shape index (κ2) is 4.72. The van der Waals surface area contributed by atoms with Crippen LogP contribution in [0.25, 0.3) is 10.9 Å². The minimum absolute atomic E-state index is 0.417.